The minimum atomic E-state index is -0.967. The molecule has 0 aliphatic carbocycles. The number of nitrogens with zero attached hydrogens (tertiary/aromatic N) is 2. The van der Waals surface area contributed by atoms with Crippen molar-refractivity contribution in [1.82, 2.24) is 4.90 Å². The van der Waals surface area contributed by atoms with Crippen LogP contribution in [0.3, 0.4) is 0 Å². The molecule has 3 heterocycles. The Balaban J connectivity index is 1.77. The molecule has 0 aromatic heterocycles. The Morgan fingerprint density at radius 2 is 2.03 bits per heavy atom. The molecule has 9 heteroatoms. The molecule has 1 spiro atoms. The lowest BCUT2D eigenvalue weighted by Gasteiger charge is -2.40. The quantitative estimate of drug-likeness (QED) is 0.385. The van der Waals surface area contributed by atoms with Gasteiger partial charge in [-0.3, -0.25) is 14.4 Å². The summed E-state index contributed by atoms with van der Waals surface area (Å²) < 4.78 is 4.46. The molecule has 4 rings (SSSR count). The number of carbonyl (C=O) groups is 3. The van der Waals surface area contributed by atoms with Gasteiger partial charge in [-0.05, 0) is 49.4 Å². The van der Waals surface area contributed by atoms with Crippen molar-refractivity contribution in [2.75, 3.05) is 31.7 Å². The molecular weight excluding hydrogens is 456 g/mol. The standard InChI is InChI=1S/C25H32N2O6S/c1-4-11-26(16-7-9-17(33-3)10-8-16)23(30)21-25-15(2)14-18(34-25)19(24(31)32)20(25)22(29)27(21)12-5-6-13-28/h4,7-10,15,18-21,28H,1,5-6,11-14H2,2-3H3,(H,31,32)/t15?,18-,19+,20+,21?,25?/m1/s1. The molecular formula is C25H32N2O6S. The summed E-state index contributed by atoms with van der Waals surface area (Å²) in [7, 11) is 1.57. The van der Waals surface area contributed by atoms with Crippen LogP contribution in [0.15, 0.2) is 36.9 Å². The summed E-state index contributed by atoms with van der Waals surface area (Å²) >= 11 is 1.53. The van der Waals surface area contributed by atoms with Crippen LogP contribution in [0, 0.1) is 17.8 Å². The van der Waals surface area contributed by atoms with E-state index in [1.807, 2.05) is 6.92 Å². The number of rotatable bonds is 10. The number of benzene rings is 1. The Labute approximate surface area is 203 Å². The molecule has 0 saturated carbocycles. The fourth-order valence-corrected chi connectivity index (χ4v) is 8.49. The molecule has 0 radical (unpaired) electrons. The largest absolute Gasteiger partial charge is 0.497 e. The summed E-state index contributed by atoms with van der Waals surface area (Å²) in [6.07, 6.45) is 3.36. The molecule has 1 aromatic rings. The molecule has 2 amide bonds. The molecule has 8 nitrogen and oxygen atoms in total. The Kier molecular flexibility index (Phi) is 6.96. The van der Waals surface area contributed by atoms with Gasteiger partial charge in [0.05, 0.1) is 23.7 Å². The number of carboxylic acids is 1. The van der Waals surface area contributed by atoms with E-state index in [0.29, 0.717) is 37.2 Å². The number of carbonyl (C=O) groups excluding carboxylic acids is 2. The first-order valence-corrected chi connectivity index (χ1v) is 12.6. The van der Waals surface area contributed by atoms with Crippen molar-refractivity contribution < 1.29 is 29.3 Å². The van der Waals surface area contributed by atoms with Gasteiger partial charge in [-0.1, -0.05) is 13.0 Å². The summed E-state index contributed by atoms with van der Waals surface area (Å²) in [5.74, 6) is -2.28. The zero-order chi connectivity index (χ0) is 24.6. The highest BCUT2D eigenvalue weighted by Crippen LogP contribution is 2.68. The number of hydrogen-bond acceptors (Lipinski definition) is 6. The van der Waals surface area contributed by atoms with Crippen LogP contribution in [-0.4, -0.2) is 75.7 Å². The molecule has 3 fully saturated rings. The normalized spacial score (nSPS) is 31.4. The Morgan fingerprint density at radius 1 is 1.32 bits per heavy atom. The highest BCUT2D eigenvalue weighted by molar-refractivity contribution is 8.02. The van der Waals surface area contributed by atoms with Crippen molar-refractivity contribution in [2.24, 2.45) is 17.8 Å². The van der Waals surface area contributed by atoms with Gasteiger partial charge in [0.15, 0.2) is 0 Å². The average molecular weight is 489 g/mol. The van der Waals surface area contributed by atoms with Crippen LogP contribution in [0.1, 0.15) is 26.2 Å². The van der Waals surface area contributed by atoms with E-state index in [2.05, 4.69) is 6.58 Å². The number of aliphatic hydroxyl groups is 1. The van der Waals surface area contributed by atoms with E-state index < -0.39 is 28.6 Å². The second kappa shape index (κ2) is 9.62. The van der Waals surface area contributed by atoms with E-state index in [1.165, 1.54) is 11.8 Å². The van der Waals surface area contributed by atoms with E-state index in [9.17, 15) is 24.6 Å². The zero-order valence-corrected chi connectivity index (χ0v) is 20.4. The molecule has 3 unspecified atom stereocenters. The SMILES string of the molecule is C=CCN(C(=O)C1N(CCCCO)C(=O)[C@@H]2[C@@H](C(=O)O)[C@H]3CC(C)C12S3)c1ccc(OC)cc1. The summed E-state index contributed by atoms with van der Waals surface area (Å²) in [5, 5.41) is 19.1. The first-order valence-electron chi connectivity index (χ1n) is 11.7. The number of hydrogen-bond donors (Lipinski definition) is 2. The smallest absolute Gasteiger partial charge is 0.308 e. The second-order valence-electron chi connectivity index (χ2n) is 9.29. The summed E-state index contributed by atoms with van der Waals surface area (Å²) in [6, 6.07) is 6.37. The molecule has 3 aliphatic heterocycles. The van der Waals surface area contributed by atoms with Gasteiger partial charge in [0.1, 0.15) is 11.8 Å². The maximum Gasteiger partial charge on any atom is 0.308 e. The predicted molar refractivity (Wildman–Crippen MR) is 130 cm³/mol. The van der Waals surface area contributed by atoms with Crippen molar-refractivity contribution in [1.29, 1.82) is 0 Å². The summed E-state index contributed by atoms with van der Waals surface area (Å²) in [6.45, 7) is 6.41. The molecule has 3 saturated heterocycles. The van der Waals surface area contributed by atoms with Crippen molar-refractivity contribution in [3.05, 3.63) is 36.9 Å². The van der Waals surface area contributed by atoms with Gasteiger partial charge in [-0.15, -0.1) is 18.3 Å². The molecule has 2 bridgehead atoms. The van der Waals surface area contributed by atoms with Crippen LogP contribution in [0.2, 0.25) is 0 Å². The predicted octanol–water partition coefficient (Wildman–Crippen LogP) is 2.41. The first-order chi connectivity index (χ1) is 16.3. The highest BCUT2D eigenvalue weighted by atomic mass is 32.2. The lowest BCUT2D eigenvalue weighted by molar-refractivity contribution is -0.149. The number of ether oxygens (including phenoxy) is 1. The van der Waals surface area contributed by atoms with Gasteiger partial charge in [0, 0.05) is 30.6 Å². The number of carboxylic acid groups (broad SMARTS) is 1. The van der Waals surface area contributed by atoms with Crippen molar-refractivity contribution >= 4 is 35.2 Å². The average Bonchev–Trinajstić information content (AvgIpc) is 3.41. The molecule has 6 atom stereocenters. The molecule has 1 aromatic carbocycles. The van der Waals surface area contributed by atoms with Gasteiger partial charge >= 0.3 is 5.97 Å². The van der Waals surface area contributed by atoms with Crippen molar-refractivity contribution in [3.63, 3.8) is 0 Å². The van der Waals surface area contributed by atoms with Gasteiger partial charge in [0.2, 0.25) is 5.91 Å². The Bertz CT molecular complexity index is 969. The lowest BCUT2D eigenvalue weighted by atomic mass is 9.66. The van der Waals surface area contributed by atoms with Crippen LogP contribution >= 0.6 is 11.8 Å². The molecule has 2 N–H and O–H groups in total. The van der Waals surface area contributed by atoms with Gasteiger partial charge < -0.3 is 24.7 Å². The number of fused-ring (bicyclic) bond motifs is 1. The first kappa shape index (κ1) is 24.6. The van der Waals surface area contributed by atoms with Crippen molar-refractivity contribution in [2.45, 2.75) is 42.2 Å². The Hall–Kier alpha value is -2.52. The number of aliphatic hydroxyl groups excluding tert-OH is 1. The fraction of sp³-hybridized carbons (Fsp3) is 0.560. The number of aliphatic carboxylic acids is 1. The lowest BCUT2D eigenvalue weighted by Crippen LogP contribution is -2.57. The molecule has 184 valence electrons. The van der Waals surface area contributed by atoms with Crippen LogP contribution in [0.4, 0.5) is 5.69 Å². The van der Waals surface area contributed by atoms with Crippen LogP contribution < -0.4 is 9.64 Å². The summed E-state index contributed by atoms with van der Waals surface area (Å²) in [5.41, 5.74) is 0.660. The van der Waals surface area contributed by atoms with E-state index in [-0.39, 0.29) is 36.1 Å². The maximum absolute atomic E-state index is 14.3. The van der Waals surface area contributed by atoms with E-state index in [1.54, 1.807) is 47.3 Å². The van der Waals surface area contributed by atoms with Crippen LogP contribution in [-0.2, 0) is 14.4 Å². The third kappa shape index (κ3) is 3.69. The van der Waals surface area contributed by atoms with E-state index in [0.717, 1.165) is 0 Å². The Morgan fingerprint density at radius 3 is 2.62 bits per heavy atom. The van der Waals surface area contributed by atoms with Gasteiger partial charge in [-0.2, -0.15) is 0 Å². The van der Waals surface area contributed by atoms with E-state index >= 15 is 0 Å². The van der Waals surface area contributed by atoms with E-state index in [4.69, 9.17) is 4.74 Å². The monoisotopic (exact) mass is 488 g/mol. The number of amides is 2. The number of likely N-dealkylation sites (tertiary alicyclic amines) is 1. The third-order valence-corrected chi connectivity index (χ3v) is 9.61. The third-order valence-electron chi connectivity index (χ3n) is 7.53. The minimum absolute atomic E-state index is 0.00533. The van der Waals surface area contributed by atoms with Gasteiger partial charge in [-0.25, -0.2) is 0 Å². The molecule has 34 heavy (non-hydrogen) atoms. The second-order valence-corrected chi connectivity index (χ2v) is 10.8. The minimum Gasteiger partial charge on any atom is -0.497 e. The number of anilines is 1. The fourth-order valence-electron chi connectivity index (χ4n) is 6.08. The maximum atomic E-state index is 14.3. The highest BCUT2D eigenvalue weighted by Gasteiger charge is 2.76. The number of thioether (sulfide) groups is 1. The van der Waals surface area contributed by atoms with Crippen LogP contribution in [0.25, 0.3) is 0 Å². The number of unbranched alkanes of at least 4 members (excludes halogenated alkanes) is 1. The van der Waals surface area contributed by atoms with Crippen LogP contribution in [0.5, 0.6) is 5.75 Å². The van der Waals surface area contributed by atoms with Crippen molar-refractivity contribution in [3.8, 4) is 5.75 Å². The topological polar surface area (TPSA) is 107 Å². The number of methoxy groups -OCH3 is 1. The van der Waals surface area contributed by atoms with Gasteiger partial charge in [0.25, 0.3) is 5.91 Å². The molecule has 3 aliphatic rings. The summed E-state index contributed by atoms with van der Waals surface area (Å²) in [4.78, 5) is 43.4. The zero-order valence-electron chi connectivity index (χ0n) is 19.6.